The third kappa shape index (κ3) is 4.11. The monoisotopic (exact) mass is 378 g/mol. The Morgan fingerprint density at radius 3 is 2.39 bits per heavy atom. The molecule has 0 spiro atoms. The number of hydrogen-bond acceptors (Lipinski definition) is 4. The lowest BCUT2D eigenvalue weighted by molar-refractivity contribution is 0.0860. The highest BCUT2D eigenvalue weighted by Gasteiger charge is 2.32. The first-order valence-electron chi connectivity index (χ1n) is 9.21. The van der Waals surface area contributed by atoms with Gasteiger partial charge < -0.3 is 19.8 Å². The van der Waals surface area contributed by atoms with Crippen LogP contribution in [0.1, 0.15) is 39.3 Å². The smallest absolute Gasteiger partial charge is 0.271 e. The van der Waals surface area contributed by atoms with Crippen LogP contribution in [-0.4, -0.2) is 43.0 Å². The van der Waals surface area contributed by atoms with E-state index in [0.29, 0.717) is 11.3 Å². The van der Waals surface area contributed by atoms with E-state index < -0.39 is 0 Å². The molecule has 0 unspecified atom stereocenters. The van der Waals surface area contributed by atoms with E-state index in [2.05, 4.69) is 20.6 Å². The van der Waals surface area contributed by atoms with Crippen molar-refractivity contribution in [1.29, 1.82) is 0 Å². The van der Waals surface area contributed by atoms with Crippen molar-refractivity contribution < 1.29 is 9.59 Å². The van der Waals surface area contributed by atoms with E-state index >= 15 is 0 Å². The van der Waals surface area contributed by atoms with Crippen molar-refractivity contribution in [2.45, 2.75) is 31.5 Å². The molecule has 0 saturated heterocycles. The molecule has 0 aliphatic heterocycles. The molecule has 2 aromatic heterocycles. The molecule has 2 heterocycles. The first kappa shape index (κ1) is 18.0. The predicted molar refractivity (Wildman–Crippen MR) is 103 cm³/mol. The third-order valence-corrected chi connectivity index (χ3v) is 4.89. The summed E-state index contributed by atoms with van der Waals surface area (Å²) < 4.78 is 3.71. The molecular weight excluding hydrogens is 356 g/mol. The fourth-order valence-corrected chi connectivity index (χ4v) is 3.26. The second-order valence-corrected chi connectivity index (χ2v) is 7.17. The highest BCUT2D eigenvalue weighted by atomic mass is 16.2. The van der Waals surface area contributed by atoms with Gasteiger partial charge in [0.15, 0.2) is 0 Å². The molecule has 2 N–H and O–H groups in total. The number of carbonyl (C=O) groups is 2. The van der Waals surface area contributed by atoms with Gasteiger partial charge in [-0.15, -0.1) is 0 Å². The molecule has 8 nitrogen and oxygen atoms in total. The van der Waals surface area contributed by atoms with Gasteiger partial charge in [0, 0.05) is 49.8 Å². The number of aryl methyl sites for hydroxylation is 1. The van der Waals surface area contributed by atoms with Crippen molar-refractivity contribution in [3.63, 3.8) is 0 Å². The van der Waals surface area contributed by atoms with E-state index in [0.717, 1.165) is 24.9 Å². The zero-order valence-electron chi connectivity index (χ0n) is 15.6. The predicted octanol–water partition coefficient (Wildman–Crippen LogP) is 1.36. The minimum atomic E-state index is -0.177. The van der Waals surface area contributed by atoms with Crippen LogP contribution in [-0.2, 0) is 13.6 Å². The molecule has 1 fully saturated rings. The van der Waals surface area contributed by atoms with Crippen LogP contribution in [0.2, 0.25) is 0 Å². The largest absolute Gasteiger partial charge is 0.349 e. The quantitative estimate of drug-likeness (QED) is 0.677. The minimum Gasteiger partial charge on any atom is -0.349 e. The summed E-state index contributed by atoms with van der Waals surface area (Å²) in [5.74, 6) is -0.266. The molecule has 1 aliphatic rings. The van der Waals surface area contributed by atoms with Crippen molar-refractivity contribution >= 4 is 11.8 Å². The first-order chi connectivity index (χ1) is 13.6. The summed E-state index contributed by atoms with van der Waals surface area (Å²) in [5.41, 5.74) is 2.15. The van der Waals surface area contributed by atoms with Crippen molar-refractivity contribution in [3.05, 3.63) is 72.3 Å². The van der Waals surface area contributed by atoms with Gasteiger partial charge >= 0.3 is 0 Å². The summed E-state index contributed by atoms with van der Waals surface area (Å²) in [5, 5.41) is 5.96. The van der Waals surface area contributed by atoms with Gasteiger partial charge in [-0.3, -0.25) is 9.59 Å². The molecule has 1 saturated carbocycles. The molecule has 1 aromatic carbocycles. The normalized spacial score (nSPS) is 18.3. The van der Waals surface area contributed by atoms with Crippen LogP contribution in [0.25, 0.3) is 0 Å². The van der Waals surface area contributed by atoms with Crippen LogP contribution in [0.4, 0.5) is 0 Å². The second kappa shape index (κ2) is 7.67. The van der Waals surface area contributed by atoms with Crippen LogP contribution in [0.15, 0.2) is 55.5 Å². The molecule has 0 atom stereocenters. The molecule has 2 amide bonds. The Balaban J connectivity index is 1.23. The number of hydrogen-bond donors (Lipinski definition) is 2. The number of benzene rings is 1. The summed E-state index contributed by atoms with van der Waals surface area (Å²) in [6, 6.07) is 7.71. The van der Waals surface area contributed by atoms with E-state index in [1.165, 1.54) is 0 Å². The van der Waals surface area contributed by atoms with Gasteiger partial charge in [-0.1, -0.05) is 12.1 Å². The lowest BCUT2D eigenvalue weighted by Gasteiger charge is -2.36. The van der Waals surface area contributed by atoms with Crippen LogP contribution in [0, 0.1) is 0 Å². The molecule has 28 heavy (non-hydrogen) atoms. The summed E-state index contributed by atoms with van der Waals surface area (Å²) in [4.78, 5) is 32.5. The Morgan fingerprint density at radius 1 is 1.07 bits per heavy atom. The molecule has 0 radical (unpaired) electrons. The number of carbonyl (C=O) groups excluding carboxylic acids is 2. The van der Waals surface area contributed by atoms with E-state index in [1.54, 1.807) is 29.6 Å². The van der Waals surface area contributed by atoms with Gasteiger partial charge in [0.2, 0.25) is 0 Å². The fourth-order valence-electron chi connectivity index (χ4n) is 3.26. The van der Waals surface area contributed by atoms with Gasteiger partial charge in [-0.25, -0.2) is 9.97 Å². The Labute approximate surface area is 162 Å². The number of nitrogens with zero attached hydrogens (tertiary/aromatic N) is 4. The highest BCUT2D eigenvalue weighted by molar-refractivity contribution is 5.94. The van der Waals surface area contributed by atoms with Gasteiger partial charge in [-0.05, 0) is 30.5 Å². The van der Waals surface area contributed by atoms with Crippen molar-refractivity contribution in [2.24, 2.45) is 7.05 Å². The van der Waals surface area contributed by atoms with Gasteiger partial charge in [-0.2, -0.15) is 0 Å². The van der Waals surface area contributed by atoms with Crippen molar-refractivity contribution in [2.75, 3.05) is 0 Å². The average molecular weight is 378 g/mol. The SMILES string of the molecule is Cn1cnc(C(=O)NC2CC(NC(=O)c3ccc(Cn4ccnc4)cc3)C2)c1. The molecule has 0 bridgehead atoms. The topological polar surface area (TPSA) is 93.8 Å². The number of amides is 2. The van der Waals surface area contributed by atoms with E-state index in [9.17, 15) is 9.59 Å². The Hall–Kier alpha value is -3.42. The Kier molecular flexibility index (Phi) is 4.92. The first-order valence-corrected chi connectivity index (χ1v) is 9.21. The van der Waals surface area contributed by atoms with Gasteiger partial charge in [0.05, 0.1) is 12.7 Å². The van der Waals surface area contributed by atoms with Crippen LogP contribution in [0.5, 0.6) is 0 Å². The second-order valence-electron chi connectivity index (χ2n) is 7.17. The lowest BCUT2D eigenvalue weighted by Crippen LogP contribution is -2.53. The van der Waals surface area contributed by atoms with Crippen molar-refractivity contribution in [1.82, 2.24) is 29.7 Å². The lowest BCUT2D eigenvalue weighted by atomic mass is 9.86. The number of nitrogens with one attached hydrogen (secondary N) is 2. The molecule has 4 rings (SSSR count). The maximum atomic E-state index is 12.4. The molecule has 8 heteroatoms. The molecule has 1 aliphatic carbocycles. The Morgan fingerprint density at radius 2 is 1.79 bits per heavy atom. The zero-order valence-corrected chi connectivity index (χ0v) is 15.6. The van der Waals surface area contributed by atoms with E-state index in [1.807, 2.05) is 42.1 Å². The zero-order chi connectivity index (χ0) is 19.5. The molecule has 144 valence electrons. The van der Waals surface area contributed by atoms with Crippen LogP contribution in [0.3, 0.4) is 0 Å². The number of imidazole rings is 2. The standard InChI is InChI=1S/C20H22N6O2/c1-25-11-18(22-13-25)20(28)24-17-8-16(9-17)23-19(27)15-4-2-14(3-5-15)10-26-7-6-21-12-26/h2-7,11-13,16-17H,8-10H2,1H3,(H,23,27)(H,24,28). The summed E-state index contributed by atoms with van der Waals surface area (Å²) in [6.45, 7) is 0.724. The van der Waals surface area contributed by atoms with E-state index in [-0.39, 0.29) is 23.9 Å². The maximum Gasteiger partial charge on any atom is 0.271 e. The van der Waals surface area contributed by atoms with Crippen LogP contribution < -0.4 is 10.6 Å². The summed E-state index contributed by atoms with van der Waals surface area (Å²) >= 11 is 0. The summed E-state index contributed by atoms with van der Waals surface area (Å²) in [7, 11) is 1.82. The third-order valence-electron chi connectivity index (χ3n) is 4.89. The number of aromatic nitrogens is 4. The van der Waals surface area contributed by atoms with Gasteiger partial charge in [0.25, 0.3) is 11.8 Å². The summed E-state index contributed by atoms with van der Waals surface area (Å²) in [6.07, 6.45) is 10.1. The maximum absolute atomic E-state index is 12.4. The van der Waals surface area contributed by atoms with Crippen molar-refractivity contribution in [3.8, 4) is 0 Å². The minimum absolute atomic E-state index is 0.0670. The Bertz CT molecular complexity index is 955. The molecule has 3 aromatic rings. The highest BCUT2D eigenvalue weighted by Crippen LogP contribution is 2.21. The van der Waals surface area contributed by atoms with E-state index in [4.69, 9.17) is 0 Å². The fraction of sp³-hybridized carbons (Fsp3) is 0.300. The molecular formula is C20H22N6O2. The van der Waals surface area contributed by atoms with Crippen LogP contribution >= 0.6 is 0 Å². The number of rotatable bonds is 6. The van der Waals surface area contributed by atoms with Gasteiger partial charge in [0.1, 0.15) is 5.69 Å². The average Bonchev–Trinajstić information content (AvgIpc) is 3.32.